The van der Waals surface area contributed by atoms with Crippen LogP contribution in [0.4, 0.5) is 0 Å². The number of hydrogen-bond acceptors (Lipinski definition) is 2. The van der Waals surface area contributed by atoms with Crippen molar-refractivity contribution in [3.63, 3.8) is 0 Å². The standard InChI is InChI=1S/C9H9BrCl2O2S/c10-4-1-5-15(13,14)7-2-3-8(11)9(12)6-7/h2-3,6H,1,4-5H2. The molecular weight excluding hydrogens is 323 g/mol. The Morgan fingerprint density at radius 3 is 2.40 bits per heavy atom. The predicted octanol–water partition coefficient (Wildman–Crippen LogP) is 3.55. The van der Waals surface area contributed by atoms with Gasteiger partial charge in [0.2, 0.25) is 0 Å². The van der Waals surface area contributed by atoms with Crippen LogP contribution >= 0.6 is 39.1 Å². The van der Waals surface area contributed by atoms with E-state index in [1.807, 2.05) is 0 Å². The van der Waals surface area contributed by atoms with Gasteiger partial charge in [-0.25, -0.2) is 8.42 Å². The quantitative estimate of drug-likeness (QED) is 0.791. The van der Waals surface area contributed by atoms with Gasteiger partial charge >= 0.3 is 0 Å². The van der Waals surface area contributed by atoms with E-state index in [0.717, 1.165) is 0 Å². The normalized spacial score (nSPS) is 11.7. The Morgan fingerprint density at radius 2 is 1.87 bits per heavy atom. The Kier molecular flexibility index (Phi) is 4.90. The van der Waals surface area contributed by atoms with Crippen molar-refractivity contribution in [3.05, 3.63) is 28.2 Å². The van der Waals surface area contributed by atoms with Crippen molar-refractivity contribution in [2.45, 2.75) is 11.3 Å². The Morgan fingerprint density at radius 1 is 1.20 bits per heavy atom. The van der Waals surface area contributed by atoms with E-state index in [0.29, 0.717) is 16.8 Å². The molecule has 0 bridgehead atoms. The van der Waals surface area contributed by atoms with Gasteiger partial charge in [-0.05, 0) is 24.6 Å². The lowest BCUT2D eigenvalue weighted by Gasteiger charge is -2.04. The number of halogens is 3. The highest BCUT2D eigenvalue weighted by Gasteiger charge is 2.14. The molecule has 0 atom stereocenters. The minimum Gasteiger partial charge on any atom is -0.224 e. The maximum absolute atomic E-state index is 11.7. The average molecular weight is 332 g/mol. The summed E-state index contributed by atoms with van der Waals surface area (Å²) in [6.45, 7) is 0. The molecule has 0 aromatic heterocycles. The fraction of sp³-hybridized carbons (Fsp3) is 0.333. The SMILES string of the molecule is O=S(=O)(CCCBr)c1ccc(Cl)c(Cl)c1. The van der Waals surface area contributed by atoms with Gasteiger partial charge in [0, 0.05) is 5.33 Å². The fourth-order valence-electron chi connectivity index (χ4n) is 1.03. The van der Waals surface area contributed by atoms with Crippen LogP contribution in [-0.4, -0.2) is 19.5 Å². The van der Waals surface area contributed by atoms with Crippen LogP contribution in [0.5, 0.6) is 0 Å². The predicted molar refractivity (Wildman–Crippen MR) is 66.9 cm³/mol. The van der Waals surface area contributed by atoms with E-state index in [-0.39, 0.29) is 15.7 Å². The molecule has 2 nitrogen and oxygen atoms in total. The first kappa shape index (κ1) is 13.3. The summed E-state index contributed by atoms with van der Waals surface area (Å²) in [4.78, 5) is 0.220. The third kappa shape index (κ3) is 3.63. The van der Waals surface area contributed by atoms with Crippen LogP contribution < -0.4 is 0 Å². The molecule has 0 radical (unpaired) electrons. The van der Waals surface area contributed by atoms with Gasteiger partial charge in [0.15, 0.2) is 9.84 Å². The molecule has 6 heteroatoms. The minimum absolute atomic E-state index is 0.107. The zero-order chi connectivity index (χ0) is 11.5. The number of benzene rings is 1. The monoisotopic (exact) mass is 330 g/mol. The summed E-state index contributed by atoms with van der Waals surface area (Å²) in [6.07, 6.45) is 0.572. The molecule has 0 amide bonds. The van der Waals surface area contributed by atoms with Gasteiger partial charge in [-0.2, -0.15) is 0 Å². The smallest absolute Gasteiger partial charge is 0.178 e. The lowest BCUT2D eigenvalue weighted by molar-refractivity contribution is 0.595. The second-order valence-corrected chi connectivity index (χ2v) is 6.65. The van der Waals surface area contributed by atoms with Gasteiger partial charge < -0.3 is 0 Å². The van der Waals surface area contributed by atoms with Crippen molar-refractivity contribution in [1.29, 1.82) is 0 Å². The summed E-state index contributed by atoms with van der Waals surface area (Å²) >= 11 is 14.6. The Bertz CT molecular complexity index is 445. The summed E-state index contributed by atoms with van der Waals surface area (Å²) in [7, 11) is -3.23. The van der Waals surface area contributed by atoms with Crippen LogP contribution in [0.15, 0.2) is 23.1 Å². The molecule has 0 saturated heterocycles. The first-order valence-electron chi connectivity index (χ1n) is 4.21. The largest absolute Gasteiger partial charge is 0.224 e. The van der Waals surface area contributed by atoms with Crippen LogP contribution in [0.25, 0.3) is 0 Å². The summed E-state index contributed by atoms with van der Waals surface area (Å²) < 4.78 is 23.5. The molecule has 15 heavy (non-hydrogen) atoms. The number of rotatable bonds is 4. The Hall–Kier alpha value is 0.230. The van der Waals surface area contributed by atoms with Gasteiger partial charge in [-0.3, -0.25) is 0 Å². The average Bonchev–Trinajstić information content (AvgIpc) is 2.19. The molecule has 0 spiro atoms. The zero-order valence-corrected chi connectivity index (χ0v) is 11.6. The van der Waals surface area contributed by atoms with E-state index in [2.05, 4.69) is 15.9 Å². The van der Waals surface area contributed by atoms with E-state index in [1.54, 1.807) is 0 Å². The highest BCUT2D eigenvalue weighted by molar-refractivity contribution is 9.09. The molecule has 84 valence electrons. The van der Waals surface area contributed by atoms with Gasteiger partial charge in [-0.15, -0.1) is 0 Å². The van der Waals surface area contributed by atoms with Crippen LogP contribution in [-0.2, 0) is 9.84 Å². The van der Waals surface area contributed by atoms with E-state index in [9.17, 15) is 8.42 Å². The summed E-state index contributed by atoms with van der Waals surface area (Å²) in [5, 5.41) is 1.28. The topological polar surface area (TPSA) is 34.1 Å². The highest BCUT2D eigenvalue weighted by atomic mass is 79.9. The maximum atomic E-state index is 11.7. The minimum atomic E-state index is -3.23. The summed E-state index contributed by atoms with van der Waals surface area (Å²) in [5.74, 6) is 0.107. The molecule has 1 aromatic rings. The van der Waals surface area contributed by atoms with Gasteiger partial charge in [0.1, 0.15) is 0 Å². The van der Waals surface area contributed by atoms with Crippen molar-refractivity contribution >= 4 is 49.0 Å². The van der Waals surface area contributed by atoms with E-state index in [4.69, 9.17) is 23.2 Å². The van der Waals surface area contributed by atoms with Crippen LogP contribution in [0.1, 0.15) is 6.42 Å². The molecule has 0 aliphatic rings. The van der Waals surface area contributed by atoms with Crippen LogP contribution in [0.2, 0.25) is 10.0 Å². The van der Waals surface area contributed by atoms with Gasteiger partial charge in [0.25, 0.3) is 0 Å². The Labute approximate surface area is 108 Å². The number of hydrogen-bond donors (Lipinski definition) is 0. The molecule has 0 unspecified atom stereocenters. The first-order valence-corrected chi connectivity index (χ1v) is 7.74. The summed E-state index contributed by atoms with van der Waals surface area (Å²) in [5.41, 5.74) is 0. The zero-order valence-electron chi connectivity index (χ0n) is 7.71. The van der Waals surface area contributed by atoms with E-state index in [1.165, 1.54) is 18.2 Å². The molecule has 0 heterocycles. The van der Waals surface area contributed by atoms with Crippen LogP contribution in [0, 0.1) is 0 Å². The number of alkyl halides is 1. The second-order valence-electron chi connectivity index (χ2n) is 2.94. The molecule has 0 N–H and O–H groups in total. The van der Waals surface area contributed by atoms with Crippen molar-refractivity contribution < 1.29 is 8.42 Å². The maximum Gasteiger partial charge on any atom is 0.178 e. The van der Waals surface area contributed by atoms with Gasteiger partial charge in [0.05, 0.1) is 20.7 Å². The molecule has 0 aliphatic heterocycles. The Balaban J connectivity index is 3.00. The first-order chi connectivity index (χ1) is 6.97. The molecule has 0 saturated carbocycles. The second kappa shape index (κ2) is 5.53. The third-order valence-electron chi connectivity index (χ3n) is 1.80. The van der Waals surface area contributed by atoms with E-state index >= 15 is 0 Å². The van der Waals surface area contributed by atoms with Crippen LogP contribution in [0.3, 0.4) is 0 Å². The highest BCUT2D eigenvalue weighted by Crippen LogP contribution is 2.25. The molecule has 0 aliphatic carbocycles. The lowest BCUT2D eigenvalue weighted by atomic mass is 10.4. The van der Waals surface area contributed by atoms with E-state index < -0.39 is 9.84 Å². The lowest BCUT2D eigenvalue weighted by Crippen LogP contribution is -2.07. The molecular formula is C9H9BrCl2O2S. The fourth-order valence-corrected chi connectivity index (χ4v) is 3.38. The molecule has 1 rings (SSSR count). The third-order valence-corrected chi connectivity index (χ3v) is 4.89. The molecule has 1 aromatic carbocycles. The van der Waals surface area contributed by atoms with Gasteiger partial charge in [-0.1, -0.05) is 39.1 Å². The molecule has 0 fully saturated rings. The van der Waals surface area contributed by atoms with Crippen molar-refractivity contribution in [3.8, 4) is 0 Å². The van der Waals surface area contributed by atoms with Crippen molar-refractivity contribution in [2.75, 3.05) is 11.1 Å². The summed E-state index contributed by atoms with van der Waals surface area (Å²) in [6, 6.07) is 4.34. The van der Waals surface area contributed by atoms with Crippen molar-refractivity contribution in [2.24, 2.45) is 0 Å². The van der Waals surface area contributed by atoms with Crippen molar-refractivity contribution in [1.82, 2.24) is 0 Å². The number of sulfone groups is 1.